The zero-order valence-corrected chi connectivity index (χ0v) is 20.0. The molecule has 0 aliphatic heterocycles. The molecule has 172 valence electrons. The number of amides is 2. The van der Waals surface area contributed by atoms with Gasteiger partial charge in [0.1, 0.15) is 0 Å². The molecular formula is C26H25N5O2S. The van der Waals surface area contributed by atoms with Crippen LogP contribution in [0.3, 0.4) is 0 Å². The molecule has 2 amide bonds. The Morgan fingerprint density at radius 3 is 2.44 bits per heavy atom. The summed E-state index contributed by atoms with van der Waals surface area (Å²) in [7, 11) is 1.57. The van der Waals surface area contributed by atoms with Crippen LogP contribution in [0.2, 0.25) is 0 Å². The molecule has 34 heavy (non-hydrogen) atoms. The van der Waals surface area contributed by atoms with Gasteiger partial charge in [-0.3, -0.25) is 14.2 Å². The van der Waals surface area contributed by atoms with E-state index in [4.69, 9.17) is 0 Å². The molecule has 4 aromatic rings. The molecule has 0 saturated carbocycles. The molecular weight excluding hydrogens is 446 g/mol. The highest BCUT2D eigenvalue weighted by atomic mass is 32.2. The fourth-order valence-corrected chi connectivity index (χ4v) is 4.20. The van der Waals surface area contributed by atoms with Gasteiger partial charge in [0, 0.05) is 23.9 Å². The summed E-state index contributed by atoms with van der Waals surface area (Å²) in [5, 5.41) is 14.9. The van der Waals surface area contributed by atoms with Gasteiger partial charge in [-0.1, -0.05) is 54.2 Å². The number of carbonyl (C=O) groups is 2. The standard InChI is InChI=1S/C26H25N5O2S/c1-17-12-13-22(14-18(17)2)31-24(19-8-5-4-6-9-19)29-30-26(31)34-16-23(32)28-21-11-7-10-20(15-21)25(33)27-3/h4-15H,16H2,1-3H3,(H,27,33)(H,28,32). The first-order valence-corrected chi connectivity index (χ1v) is 11.8. The number of rotatable bonds is 7. The Balaban J connectivity index is 1.57. The van der Waals surface area contributed by atoms with Crippen molar-refractivity contribution < 1.29 is 9.59 Å². The second-order valence-corrected chi connectivity index (χ2v) is 8.72. The van der Waals surface area contributed by atoms with Gasteiger partial charge >= 0.3 is 0 Å². The van der Waals surface area contributed by atoms with Crippen LogP contribution in [0.25, 0.3) is 17.1 Å². The number of anilines is 1. The normalized spacial score (nSPS) is 10.7. The molecule has 0 aliphatic carbocycles. The lowest BCUT2D eigenvalue weighted by atomic mass is 10.1. The minimum atomic E-state index is -0.208. The summed E-state index contributed by atoms with van der Waals surface area (Å²) in [6.45, 7) is 4.14. The van der Waals surface area contributed by atoms with E-state index < -0.39 is 0 Å². The van der Waals surface area contributed by atoms with Gasteiger partial charge in [0.05, 0.1) is 11.4 Å². The van der Waals surface area contributed by atoms with E-state index in [0.29, 0.717) is 22.2 Å². The van der Waals surface area contributed by atoms with Crippen molar-refractivity contribution in [1.82, 2.24) is 20.1 Å². The van der Waals surface area contributed by atoms with Crippen LogP contribution in [-0.4, -0.2) is 39.4 Å². The summed E-state index contributed by atoms with van der Waals surface area (Å²) in [4.78, 5) is 24.5. The average molecular weight is 472 g/mol. The third-order valence-electron chi connectivity index (χ3n) is 5.38. The predicted molar refractivity (Wildman–Crippen MR) is 135 cm³/mol. The summed E-state index contributed by atoms with van der Waals surface area (Å²) in [6.07, 6.45) is 0. The molecule has 0 spiro atoms. The maximum absolute atomic E-state index is 12.7. The highest BCUT2D eigenvalue weighted by Gasteiger charge is 2.18. The number of hydrogen-bond acceptors (Lipinski definition) is 5. The van der Waals surface area contributed by atoms with Gasteiger partial charge in [0.15, 0.2) is 11.0 Å². The van der Waals surface area contributed by atoms with Crippen molar-refractivity contribution in [2.75, 3.05) is 18.1 Å². The molecule has 4 rings (SSSR count). The number of benzene rings is 3. The Kier molecular flexibility index (Phi) is 7.08. The second-order valence-electron chi connectivity index (χ2n) is 7.77. The van der Waals surface area contributed by atoms with Crippen LogP contribution >= 0.6 is 11.8 Å². The first-order valence-electron chi connectivity index (χ1n) is 10.8. The summed E-state index contributed by atoms with van der Waals surface area (Å²) < 4.78 is 1.98. The van der Waals surface area contributed by atoms with E-state index in [1.807, 2.05) is 41.0 Å². The maximum atomic E-state index is 12.7. The Labute approximate surface area is 202 Å². The lowest BCUT2D eigenvalue weighted by Crippen LogP contribution is -2.19. The van der Waals surface area contributed by atoms with Crippen molar-refractivity contribution in [3.8, 4) is 17.1 Å². The second kappa shape index (κ2) is 10.4. The Morgan fingerprint density at radius 1 is 0.912 bits per heavy atom. The lowest BCUT2D eigenvalue weighted by Gasteiger charge is -2.12. The smallest absolute Gasteiger partial charge is 0.251 e. The van der Waals surface area contributed by atoms with Crippen LogP contribution in [0.5, 0.6) is 0 Å². The number of carbonyl (C=O) groups excluding carboxylic acids is 2. The minimum absolute atomic E-state index is 0.141. The Morgan fingerprint density at radius 2 is 1.71 bits per heavy atom. The molecule has 2 N–H and O–H groups in total. The Bertz CT molecular complexity index is 1330. The molecule has 0 saturated heterocycles. The number of aromatic nitrogens is 3. The van der Waals surface area contributed by atoms with Crippen molar-refractivity contribution in [1.29, 1.82) is 0 Å². The van der Waals surface area contributed by atoms with Gasteiger partial charge in [-0.15, -0.1) is 10.2 Å². The molecule has 0 atom stereocenters. The van der Waals surface area contributed by atoms with E-state index >= 15 is 0 Å². The largest absolute Gasteiger partial charge is 0.355 e. The monoisotopic (exact) mass is 471 g/mol. The van der Waals surface area contributed by atoms with E-state index in [9.17, 15) is 9.59 Å². The topological polar surface area (TPSA) is 88.9 Å². The number of nitrogens with one attached hydrogen (secondary N) is 2. The number of aryl methyl sites for hydroxylation is 2. The molecule has 8 heteroatoms. The van der Waals surface area contributed by atoms with Crippen LogP contribution in [-0.2, 0) is 4.79 Å². The van der Waals surface area contributed by atoms with E-state index in [1.165, 1.54) is 17.3 Å². The van der Waals surface area contributed by atoms with Gasteiger partial charge in [-0.25, -0.2) is 0 Å². The quantitative estimate of drug-likeness (QED) is 0.383. The highest BCUT2D eigenvalue weighted by molar-refractivity contribution is 7.99. The molecule has 3 aromatic carbocycles. The predicted octanol–water partition coefficient (Wildman–Crippen LogP) is 4.64. The molecule has 1 heterocycles. The highest BCUT2D eigenvalue weighted by Crippen LogP contribution is 2.29. The lowest BCUT2D eigenvalue weighted by molar-refractivity contribution is -0.113. The first-order chi connectivity index (χ1) is 16.5. The van der Waals surface area contributed by atoms with Crippen molar-refractivity contribution in [2.24, 2.45) is 0 Å². The molecule has 0 unspecified atom stereocenters. The van der Waals surface area contributed by atoms with E-state index in [-0.39, 0.29) is 17.6 Å². The molecule has 0 fully saturated rings. The molecule has 0 aliphatic rings. The summed E-state index contributed by atoms with van der Waals surface area (Å²) in [6, 6.07) is 22.9. The van der Waals surface area contributed by atoms with Gasteiger partial charge < -0.3 is 10.6 Å². The maximum Gasteiger partial charge on any atom is 0.251 e. The van der Waals surface area contributed by atoms with Crippen LogP contribution in [0, 0.1) is 13.8 Å². The van der Waals surface area contributed by atoms with Gasteiger partial charge in [-0.2, -0.15) is 0 Å². The van der Waals surface area contributed by atoms with Crippen LogP contribution in [0.15, 0.2) is 78.0 Å². The minimum Gasteiger partial charge on any atom is -0.355 e. The van der Waals surface area contributed by atoms with E-state index in [2.05, 4.69) is 46.8 Å². The van der Waals surface area contributed by atoms with Gasteiger partial charge in [-0.05, 0) is 55.3 Å². The number of nitrogens with zero attached hydrogens (tertiary/aromatic N) is 3. The fourth-order valence-electron chi connectivity index (χ4n) is 3.44. The summed E-state index contributed by atoms with van der Waals surface area (Å²) >= 11 is 1.31. The van der Waals surface area contributed by atoms with Crippen molar-refractivity contribution >= 4 is 29.3 Å². The number of thioether (sulfide) groups is 1. The van der Waals surface area contributed by atoms with Crippen molar-refractivity contribution in [3.05, 3.63) is 89.5 Å². The van der Waals surface area contributed by atoms with Gasteiger partial charge in [0.25, 0.3) is 5.91 Å². The molecule has 0 radical (unpaired) electrons. The first kappa shape index (κ1) is 23.3. The SMILES string of the molecule is CNC(=O)c1cccc(NC(=O)CSc2nnc(-c3ccccc3)n2-c2ccc(C)c(C)c2)c1. The zero-order valence-electron chi connectivity index (χ0n) is 19.2. The van der Waals surface area contributed by atoms with Crippen molar-refractivity contribution in [2.45, 2.75) is 19.0 Å². The molecule has 0 bridgehead atoms. The van der Waals surface area contributed by atoms with Gasteiger partial charge in [0.2, 0.25) is 5.91 Å². The van der Waals surface area contributed by atoms with Crippen LogP contribution in [0.1, 0.15) is 21.5 Å². The third-order valence-corrected chi connectivity index (χ3v) is 6.31. The van der Waals surface area contributed by atoms with Crippen molar-refractivity contribution in [3.63, 3.8) is 0 Å². The molecule has 1 aromatic heterocycles. The number of hydrogen-bond donors (Lipinski definition) is 2. The average Bonchev–Trinajstić information content (AvgIpc) is 3.28. The third kappa shape index (κ3) is 5.18. The molecule has 7 nitrogen and oxygen atoms in total. The summed E-state index contributed by atoms with van der Waals surface area (Å²) in [5.41, 5.74) is 5.28. The van der Waals surface area contributed by atoms with Crippen LogP contribution < -0.4 is 10.6 Å². The van der Waals surface area contributed by atoms with E-state index in [0.717, 1.165) is 16.8 Å². The fraction of sp³-hybridized carbons (Fsp3) is 0.154. The van der Waals surface area contributed by atoms with Crippen LogP contribution in [0.4, 0.5) is 5.69 Å². The van der Waals surface area contributed by atoms with E-state index in [1.54, 1.807) is 31.3 Å². The summed E-state index contributed by atoms with van der Waals surface area (Å²) in [5.74, 6) is 0.447. The zero-order chi connectivity index (χ0) is 24.1. The Hall–Kier alpha value is -3.91.